The molecule has 8 heteroatoms. The summed E-state index contributed by atoms with van der Waals surface area (Å²) in [5, 5.41) is 8.93. The molecule has 6 nitrogen and oxygen atoms in total. The molecule has 0 radical (unpaired) electrons. The second-order valence-corrected chi connectivity index (χ2v) is 7.67. The summed E-state index contributed by atoms with van der Waals surface area (Å²) < 4.78 is 26.9. The van der Waals surface area contributed by atoms with E-state index < -0.39 is 16.1 Å². The number of hydrogen-bond acceptors (Lipinski definition) is 5. The summed E-state index contributed by atoms with van der Waals surface area (Å²) in [5.41, 5.74) is 0. The highest BCUT2D eigenvalue weighted by Gasteiger charge is 2.25. The van der Waals surface area contributed by atoms with Crippen LogP contribution >= 0.6 is 11.6 Å². The first-order valence-electron chi connectivity index (χ1n) is 7.16. The molecule has 0 bridgehead atoms. The number of nitrogens with one attached hydrogen (secondary N) is 1. The summed E-state index contributed by atoms with van der Waals surface area (Å²) in [7, 11) is -3.72. The lowest BCUT2D eigenvalue weighted by atomic mass is 10.2. The van der Waals surface area contributed by atoms with Crippen molar-refractivity contribution in [2.75, 3.05) is 11.4 Å². The van der Waals surface area contributed by atoms with E-state index in [1.54, 1.807) is 6.92 Å². The van der Waals surface area contributed by atoms with E-state index in [-0.39, 0.29) is 11.3 Å². The molecule has 120 valence electrons. The van der Waals surface area contributed by atoms with Gasteiger partial charge in [-0.25, -0.2) is 18.1 Å². The zero-order valence-corrected chi connectivity index (χ0v) is 14.2. The molecule has 0 spiro atoms. The Balaban J connectivity index is 2.23. The fourth-order valence-electron chi connectivity index (χ4n) is 2.53. The molecule has 22 heavy (non-hydrogen) atoms. The van der Waals surface area contributed by atoms with E-state index in [1.807, 2.05) is 6.07 Å². The molecule has 0 aromatic carbocycles. The molecule has 1 N–H and O–H groups in total. The van der Waals surface area contributed by atoms with E-state index in [4.69, 9.17) is 16.9 Å². The molecule has 1 fully saturated rings. The Bertz CT molecular complexity index is 687. The van der Waals surface area contributed by atoms with Crippen molar-refractivity contribution in [2.45, 2.75) is 50.1 Å². The van der Waals surface area contributed by atoms with Crippen LogP contribution in [0.2, 0.25) is 5.02 Å². The molecule has 2 heterocycles. The van der Waals surface area contributed by atoms with Crippen molar-refractivity contribution in [1.29, 1.82) is 5.26 Å². The molecule has 1 aromatic rings. The number of nitrogens with zero attached hydrogens (tertiary/aromatic N) is 3. The van der Waals surface area contributed by atoms with Crippen LogP contribution in [-0.4, -0.2) is 32.0 Å². The topological polar surface area (TPSA) is 86.1 Å². The molecule has 0 saturated carbocycles. The van der Waals surface area contributed by atoms with Gasteiger partial charge in [0.15, 0.2) is 0 Å². The average Bonchev–Trinajstić information content (AvgIpc) is 2.84. The Kier molecular flexibility index (Phi) is 5.27. The zero-order chi connectivity index (χ0) is 16.3. The summed E-state index contributed by atoms with van der Waals surface area (Å²) in [5.74, 6) is 0.621. The molecule has 2 atom stereocenters. The minimum atomic E-state index is -3.72. The number of nitriles is 1. The van der Waals surface area contributed by atoms with Crippen LogP contribution in [0.3, 0.4) is 0 Å². The summed E-state index contributed by atoms with van der Waals surface area (Å²) in [6, 6.07) is 3.22. The van der Waals surface area contributed by atoms with Gasteiger partial charge in [0, 0.05) is 24.8 Å². The van der Waals surface area contributed by atoms with Gasteiger partial charge in [-0.05, 0) is 32.8 Å². The highest BCUT2D eigenvalue weighted by molar-refractivity contribution is 7.89. The van der Waals surface area contributed by atoms with Gasteiger partial charge in [0.1, 0.15) is 10.7 Å². The Morgan fingerprint density at radius 1 is 1.64 bits per heavy atom. The van der Waals surface area contributed by atoms with Crippen molar-refractivity contribution in [2.24, 2.45) is 0 Å². The molecule has 0 aliphatic carbocycles. The van der Waals surface area contributed by atoms with E-state index in [0.717, 1.165) is 19.4 Å². The number of halogens is 1. The first-order chi connectivity index (χ1) is 10.3. The molecule has 0 amide bonds. The van der Waals surface area contributed by atoms with Crippen molar-refractivity contribution in [1.82, 2.24) is 9.71 Å². The molecule has 2 rings (SSSR count). The fraction of sp³-hybridized carbons (Fsp3) is 0.571. The van der Waals surface area contributed by atoms with Crippen LogP contribution in [0, 0.1) is 11.3 Å². The van der Waals surface area contributed by atoms with Crippen molar-refractivity contribution in [3.8, 4) is 6.07 Å². The fourth-order valence-corrected chi connectivity index (χ4v) is 4.08. The number of rotatable bonds is 5. The second kappa shape index (κ2) is 6.82. The predicted molar refractivity (Wildman–Crippen MR) is 85.3 cm³/mol. The van der Waals surface area contributed by atoms with Gasteiger partial charge in [-0.2, -0.15) is 5.26 Å². The van der Waals surface area contributed by atoms with Crippen LogP contribution in [0.5, 0.6) is 0 Å². The first kappa shape index (κ1) is 17.0. The van der Waals surface area contributed by atoms with E-state index in [9.17, 15) is 8.42 Å². The lowest BCUT2D eigenvalue weighted by Crippen LogP contribution is -2.32. The summed E-state index contributed by atoms with van der Waals surface area (Å²) >= 11 is 6.23. The van der Waals surface area contributed by atoms with Crippen LogP contribution in [0.1, 0.15) is 33.1 Å². The van der Waals surface area contributed by atoms with Gasteiger partial charge < -0.3 is 4.90 Å². The quantitative estimate of drug-likeness (QED) is 0.887. The zero-order valence-electron chi connectivity index (χ0n) is 12.6. The number of anilines is 1. The van der Waals surface area contributed by atoms with Crippen molar-refractivity contribution >= 4 is 27.4 Å². The molecular weight excluding hydrogens is 324 g/mol. The molecule has 1 aliphatic heterocycles. The molecule has 1 aliphatic rings. The van der Waals surface area contributed by atoms with E-state index >= 15 is 0 Å². The monoisotopic (exact) mass is 342 g/mol. The van der Waals surface area contributed by atoms with Crippen LogP contribution in [-0.2, 0) is 10.0 Å². The summed E-state index contributed by atoms with van der Waals surface area (Å²) in [6.45, 7) is 4.61. The lowest BCUT2D eigenvalue weighted by molar-refractivity contribution is 0.562. The molecule has 2 unspecified atom stereocenters. The summed E-state index contributed by atoms with van der Waals surface area (Å²) in [4.78, 5) is 6.34. The smallest absolute Gasteiger partial charge is 0.242 e. The predicted octanol–water partition coefficient (Wildman–Crippen LogP) is 2.30. The van der Waals surface area contributed by atoms with Gasteiger partial charge in [0.05, 0.1) is 17.5 Å². The van der Waals surface area contributed by atoms with Crippen LogP contribution in [0.4, 0.5) is 5.82 Å². The minimum absolute atomic E-state index is 0.0119. The summed E-state index contributed by atoms with van der Waals surface area (Å²) in [6.07, 6.45) is 3.56. The molecule has 1 saturated heterocycles. The van der Waals surface area contributed by atoms with Gasteiger partial charge >= 0.3 is 0 Å². The Morgan fingerprint density at radius 2 is 2.36 bits per heavy atom. The normalized spacial score (nSPS) is 19.9. The van der Waals surface area contributed by atoms with Gasteiger partial charge in [-0.15, -0.1) is 0 Å². The Hall–Kier alpha value is -1.36. The van der Waals surface area contributed by atoms with Gasteiger partial charge in [0.25, 0.3) is 0 Å². The highest BCUT2D eigenvalue weighted by atomic mass is 35.5. The maximum atomic E-state index is 12.2. The van der Waals surface area contributed by atoms with Crippen molar-refractivity contribution in [3.05, 3.63) is 17.3 Å². The Labute approximate surface area is 136 Å². The van der Waals surface area contributed by atoms with E-state index in [1.165, 1.54) is 12.3 Å². The largest absolute Gasteiger partial charge is 0.353 e. The van der Waals surface area contributed by atoms with Crippen LogP contribution < -0.4 is 9.62 Å². The third-order valence-corrected chi connectivity index (χ3v) is 5.52. The molecule has 1 aromatic heterocycles. The minimum Gasteiger partial charge on any atom is -0.353 e. The van der Waals surface area contributed by atoms with E-state index in [2.05, 4.69) is 21.5 Å². The van der Waals surface area contributed by atoms with Crippen molar-refractivity contribution in [3.63, 3.8) is 0 Å². The van der Waals surface area contributed by atoms with Gasteiger partial charge in [-0.1, -0.05) is 11.6 Å². The number of pyridine rings is 1. The number of aromatic nitrogens is 1. The highest BCUT2D eigenvalue weighted by Crippen LogP contribution is 2.31. The maximum absolute atomic E-state index is 12.2. The van der Waals surface area contributed by atoms with Crippen LogP contribution in [0.25, 0.3) is 0 Å². The maximum Gasteiger partial charge on any atom is 0.242 e. The SMILES string of the molecule is CC(CC#N)NS(=O)(=O)c1cnc(N2CCCC2C)c(Cl)c1. The molecular formula is C14H19ClN4O2S. The first-order valence-corrected chi connectivity index (χ1v) is 9.02. The standard InChI is InChI=1S/C14H19ClN4O2S/c1-10(5-6-16)18-22(20,21)12-8-13(15)14(17-9-12)19-7-3-4-11(19)2/h8-11,18H,3-5,7H2,1-2H3. The Morgan fingerprint density at radius 3 is 2.91 bits per heavy atom. The van der Waals surface area contributed by atoms with Crippen LogP contribution in [0.15, 0.2) is 17.2 Å². The van der Waals surface area contributed by atoms with Gasteiger partial charge in [-0.3, -0.25) is 0 Å². The number of sulfonamides is 1. The number of hydrogen-bond donors (Lipinski definition) is 1. The van der Waals surface area contributed by atoms with Crippen molar-refractivity contribution < 1.29 is 8.42 Å². The average molecular weight is 343 g/mol. The lowest BCUT2D eigenvalue weighted by Gasteiger charge is -2.23. The third-order valence-electron chi connectivity index (χ3n) is 3.69. The van der Waals surface area contributed by atoms with E-state index in [0.29, 0.717) is 16.9 Å². The third kappa shape index (κ3) is 3.69. The second-order valence-electron chi connectivity index (χ2n) is 5.55. The van der Waals surface area contributed by atoms with Gasteiger partial charge in [0.2, 0.25) is 10.0 Å².